The molecule has 1 N–H and O–H groups in total. The first-order chi connectivity index (χ1) is 12.0. The van der Waals surface area contributed by atoms with Gasteiger partial charge in [0.25, 0.3) is 5.91 Å². The van der Waals surface area contributed by atoms with Gasteiger partial charge in [-0.2, -0.15) is 0 Å². The molecule has 5 heteroatoms. The summed E-state index contributed by atoms with van der Waals surface area (Å²) in [6, 6.07) is 14.1. The van der Waals surface area contributed by atoms with Gasteiger partial charge in [0.05, 0.1) is 23.9 Å². The number of amides is 1. The molecule has 1 aliphatic heterocycles. The summed E-state index contributed by atoms with van der Waals surface area (Å²) in [5.74, 6) is -1.53. The monoisotopic (exact) mass is 336 g/mol. The van der Waals surface area contributed by atoms with Crippen LogP contribution in [0, 0.1) is 5.92 Å². The molecule has 0 aliphatic carbocycles. The number of rotatable bonds is 5. The fourth-order valence-electron chi connectivity index (χ4n) is 3.03. The van der Waals surface area contributed by atoms with Crippen molar-refractivity contribution in [3.05, 3.63) is 77.3 Å². The van der Waals surface area contributed by atoms with Crippen LogP contribution in [-0.4, -0.2) is 26.7 Å². The number of ketones is 1. The maximum Gasteiger partial charge on any atom is 0.290 e. The highest BCUT2D eigenvalue weighted by Crippen LogP contribution is 2.39. The number of aliphatic hydroxyl groups excluding tert-OH is 1. The third kappa shape index (κ3) is 3.18. The standard InChI is InChI=1S/C20H20N2O3/c1-13(2)18(23)16-17(14-8-4-3-5-9-14)22(20(25)19(16)24)12-15-10-6-7-11-21-15/h3-11,13,17,24H,12H2,1-2H3. The first-order valence-electron chi connectivity index (χ1n) is 8.24. The zero-order valence-corrected chi connectivity index (χ0v) is 14.2. The molecule has 0 radical (unpaired) electrons. The van der Waals surface area contributed by atoms with Gasteiger partial charge in [0.15, 0.2) is 11.5 Å². The Morgan fingerprint density at radius 2 is 1.84 bits per heavy atom. The number of pyridine rings is 1. The molecule has 5 nitrogen and oxygen atoms in total. The van der Waals surface area contributed by atoms with Crippen molar-refractivity contribution in [2.45, 2.75) is 26.4 Å². The molecule has 25 heavy (non-hydrogen) atoms. The Bertz CT molecular complexity index is 813. The second-order valence-electron chi connectivity index (χ2n) is 6.35. The molecule has 1 aromatic heterocycles. The number of aliphatic hydroxyl groups is 1. The van der Waals surface area contributed by atoms with Gasteiger partial charge in [0.1, 0.15) is 0 Å². The second-order valence-corrected chi connectivity index (χ2v) is 6.35. The first kappa shape index (κ1) is 16.9. The van der Waals surface area contributed by atoms with E-state index in [-0.39, 0.29) is 23.8 Å². The molecule has 1 atom stereocenters. The van der Waals surface area contributed by atoms with Crippen molar-refractivity contribution >= 4 is 11.7 Å². The fourth-order valence-corrected chi connectivity index (χ4v) is 3.03. The molecule has 128 valence electrons. The predicted octanol–water partition coefficient (Wildman–Crippen LogP) is 3.20. The van der Waals surface area contributed by atoms with Gasteiger partial charge in [0.2, 0.25) is 0 Å². The smallest absolute Gasteiger partial charge is 0.290 e. The molecule has 3 rings (SSSR count). The quantitative estimate of drug-likeness (QED) is 0.910. The van der Waals surface area contributed by atoms with E-state index in [1.54, 1.807) is 26.1 Å². The van der Waals surface area contributed by atoms with Crippen LogP contribution in [0.1, 0.15) is 31.1 Å². The minimum Gasteiger partial charge on any atom is -0.503 e. The molecule has 2 heterocycles. The van der Waals surface area contributed by atoms with Crippen LogP contribution in [0.15, 0.2) is 66.1 Å². The van der Waals surface area contributed by atoms with Gasteiger partial charge in [0, 0.05) is 12.1 Å². The average molecular weight is 336 g/mol. The third-order valence-electron chi connectivity index (χ3n) is 4.27. The van der Waals surface area contributed by atoms with Crippen molar-refractivity contribution in [1.29, 1.82) is 0 Å². The lowest BCUT2D eigenvalue weighted by Crippen LogP contribution is -2.31. The van der Waals surface area contributed by atoms with E-state index in [1.165, 1.54) is 4.90 Å². The van der Waals surface area contributed by atoms with Crippen molar-refractivity contribution in [3.8, 4) is 0 Å². The van der Waals surface area contributed by atoms with Crippen molar-refractivity contribution in [3.63, 3.8) is 0 Å². The SMILES string of the molecule is CC(C)C(=O)C1=C(O)C(=O)N(Cc2ccccn2)C1c1ccccc1. The minimum atomic E-state index is -0.606. The summed E-state index contributed by atoms with van der Waals surface area (Å²) in [5.41, 5.74) is 1.66. The zero-order valence-electron chi connectivity index (χ0n) is 14.2. The van der Waals surface area contributed by atoms with E-state index in [0.29, 0.717) is 5.69 Å². The summed E-state index contributed by atoms with van der Waals surface area (Å²) in [4.78, 5) is 31.1. The van der Waals surface area contributed by atoms with Crippen LogP contribution in [0.2, 0.25) is 0 Å². The van der Waals surface area contributed by atoms with Crippen LogP contribution in [-0.2, 0) is 16.1 Å². The molecule has 0 spiro atoms. The van der Waals surface area contributed by atoms with Crippen LogP contribution in [0.5, 0.6) is 0 Å². The summed E-state index contributed by atoms with van der Waals surface area (Å²) in [7, 11) is 0. The number of hydrogen-bond donors (Lipinski definition) is 1. The predicted molar refractivity (Wildman–Crippen MR) is 93.5 cm³/mol. The number of aromatic nitrogens is 1. The summed E-state index contributed by atoms with van der Waals surface area (Å²) < 4.78 is 0. The van der Waals surface area contributed by atoms with Crippen LogP contribution < -0.4 is 0 Å². The molecular formula is C20H20N2O3. The molecular weight excluding hydrogens is 316 g/mol. The van der Waals surface area contributed by atoms with Gasteiger partial charge in [-0.15, -0.1) is 0 Å². The van der Waals surface area contributed by atoms with Gasteiger partial charge < -0.3 is 10.0 Å². The molecule has 1 amide bonds. The molecule has 0 bridgehead atoms. The average Bonchev–Trinajstić information content (AvgIpc) is 2.87. The van der Waals surface area contributed by atoms with Crippen molar-refractivity contribution in [2.24, 2.45) is 5.92 Å². The van der Waals surface area contributed by atoms with E-state index in [9.17, 15) is 14.7 Å². The maximum absolute atomic E-state index is 12.7. The Morgan fingerprint density at radius 3 is 2.44 bits per heavy atom. The highest BCUT2D eigenvalue weighted by atomic mass is 16.3. The molecule has 0 saturated heterocycles. The van der Waals surface area contributed by atoms with E-state index in [4.69, 9.17) is 0 Å². The van der Waals surface area contributed by atoms with E-state index in [1.807, 2.05) is 42.5 Å². The zero-order chi connectivity index (χ0) is 18.0. The van der Waals surface area contributed by atoms with E-state index < -0.39 is 17.7 Å². The Labute approximate surface area is 146 Å². The summed E-state index contributed by atoms with van der Waals surface area (Å²) >= 11 is 0. The van der Waals surface area contributed by atoms with Crippen molar-refractivity contribution in [1.82, 2.24) is 9.88 Å². The summed E-state index contributed by atoms with van der Waals surface area (Å²) in [6.45, 7) is 3.74. The molecule has 1 unspecified atom stereocenters. The van der Waals surface area contributed by atoms with E-state index >= 15 is 0 Å². The molecule has 1 aliphatic rings. The first-order valence-corrected chi connectivity index (χ1v) is 8.24. The molecule has 0 saturated carbocycles. The van der Waals surface area contributed by atoms with E-state index in [0.717, 1.165) is 5.56 Å². The summed E-state index contributed by atoms with van der Waals surface area (Å²) in [5, 5.41) is 10.4. The third-order valence-corrected chi connectivity index (χ3v) is 4.27. The highest BCUT2D eigenvalue weighted by molar-refractivity contribution is 6.09. The van der Waals surface area contributed by atoms with Gasteiger partial charge in [-0.3, -0.25) is 14.6 Å². The Balaban J connectivity index is 2.06. The number of hydrogen-bond acceptors (Lipinski definition) is 4. The largest absolute Gasteiger partial charge is 0.503 e. The maximum atomic E-state index is 12.7. The Kier molecular flexibility index (Phi) is 4.65. The van der Waals surface area contributed by atoms with Gasteiger partial charge in [-0.05, 0) is 17.7 Å². The molecule has 2 aromatic rings. The number of Topliss-reactive ketones (excluding diaryl/α,β-unsaturated/α-hetero) is 1. The van der Waals surface area contributed by atoms with Crippen molar-refractivity contribution in [2.75, 3.05) is 0 Å². The lowest BCUT2D eigenvalue weighted by Gasteiger charge is -2.27. The lowest BCUT2D eigenvalue weighted by molar-refractivity contribution is -0.130. The van der Waals surface area contributed by atoms with Gasteiger partial charge in [-0.25, -0.2) is 0 Å². The Morgan fingerprint density at radius 1 is 1.16 bits per heavy atom. The second kappa shape index (κ2) is 6.89. The molecule has 0 fully saturated rings. The number of carbonyl (C=O) groups is 2. The summed E-state index contributed by atoms with van der Waals surface area (Å²) in [6.07, 6.45) is 1.65. The number of benzene rings is 1. The Hall–Kier alpha value is -2.95. The lowest BCUT2D eigenvalue weighted by atomic mass is 9.91. The van der Waals surface area contributed by atoms with Crippen LogP contribution in [0.3, 0.4) is 0 Å². The topological polar surface area (TPSA) is 70.5 Å². The van der Waals surface area contributed by atoms with Crippen LogP contribution in [0.4, 0.5) is 0 Å². The normalized spacial score (nSPS) is 17.5. The highest BCUT2D eigenvalue weighted by Gasteiger charge is 2.43. The van der Waals surface area contributed by atoms with Crippen LogP contribution >= 0.6 is 0 Å². The van der Waals surface area contributed by atoms with Gasteiger partial charge in [-0.1, -0.05) is 50.2 Å². The van der Waals surface area contributed by atoms with E-state index in [2.05, 4.69) is 4.98 Å². The fraction of sp³-hybridized carbons (Fsp3) is 0.250. The number of nitrogens with zero attached hydrogens (tertiary/aromatic N) is 2. The number of carbonyl (C=O) groups excluding carboxylic acids is 2. The van der Waals surface area contributed by atoms with Crippen LogP contribution in [0.25, 0.3) is 0 Å². The van der Waals surface area contributed by atoms with Crippen molar-refractivity contribution < 1.29 is 14.7 Å². The van der Waals surface area contributed by atoms with Gasteiger partial charge >= 0.3 is 0 Å². The molecule has 1 aromatic carbocycles. The minimum absolute atomic E-state index is 0.169.